The Kier molecular flexibility index (Phi) is 6.77. The molecule has 1 aliphatic rings. The monoisotopic (exact) mass is 396 g/mol. The molecule has 0 bridgehead atoms. The molecule has 0 aliphatic carbocycles. The predicted octanol–water partition coefficient (Wildman–Crippen LogP) is 0.658. The van der Waals surface area contributed by atoms with Crippen molar-refractivity contribution in [1.29, 1.82) is 0 Å². The van der Waals surface area contributed by atoms with Crippen LogP contribution in [0.2, 0.25) is 0 Å². The van der Waals surface area contributed by atoms with E-state index in [1.807, 2.05) is 32.3 Å². The van der Waals surface area contributed by atoms with Crippen LogP contribution in [0.25, 0.3) is 0 Å². The fourth-order valence-corrected chi connectivity index (χ4v) is 3.45. The second-order valence-electron chi connectivity index (χ2n) is 7.32. The first-order valence-corrected chi connectivity index (χ1v) is 9.78. The minimum Gasteiger partial charge on any atom is -0.358 e. The first kappa shape index (κ1) is 20.7. The van der Waals surface area contributed by atoms with E-state index >= 15 is 0 Å². The molecule has 2 aromatic rings. The van der Waals surface area contributed by atoms with Crippen molar-refractivity contribution in [1.82, 2.24) is 25.1 Å². The average molecular weight is 396 g/mol. The Labute approximate surface area is 171 Å². The number of rotatable bonds is 6. The molecule has 8 heteroatoms. The number of nitrogens with zero attached hydrogens (tertiary/aromatic N) is 5. The van der Waals surface area contributed by atoms with Gasteiger partial charge < -0.3 is 15.1 Å². The zero-order chi connectivity index (χ0) is 20.8. The van der Waals surface area contributed by atoms with Gasteiger partial charge in [0.1, 0.15) is 6.04 Å². The predicted molar refractivity (Wildman–Crippen MR) is 112 cm³/mol. The third kappa shape index (κ3) is 5.08. The standard InChI is InChI=1S/C21H28N6O2/c1-22-19(28)18-15-27(20(29)17-13-23-21(24-14-17)25(2)3)12-11-26(18)10-9-16-7-5-4-6-8-16/h4-8,13-14,18H,9-12,15H2,1-3H3,(H,22,28)/t18-/m1/s1. The number of anilines is 1. The Morgan fingerprint density at radius 2 is 1.83 bits per heavy atom. The molecule has 2 heterocycles. The maximum atomic E-state index is 12.9. The van der Waals surface area contributed by atoms with Gasteiger partial charge in [0.05, 0.1) is 5.56 Å². The summed E-state index contributed by atoms with van der Waals surface area (Å²) in [6, 6.07) is 9.84. The van der Waals surface area contributed by atoms with Gasteiger partial charge in [0, 0.05) is 59.7 Å². The lowest BCUT2D eigenvalue weighted by Gasteiger charge is -2.40. The normalized spacial score (nSPS) is 17.1. The van der Waals surface area contributed by atoms with Gasteiger partial charge in [0.25, 0.3) is 5.91 Å². The van der Waals surface area contributed by atoms with Crippen molar-refractivity contribution in [3.63, 3.8) is 0 Å². The van der Waals surface area contributed by atoms with E-state index in [2.05, 4.69) is 32.3 Å². The Morgan fingerprint density at radius 3 is 2.45 bits per heavy atom. The molecule has 0 unspecified atom stereocenters. The van der Waals surface area contributed by atoms with Crippen LogP contribution in [0.3, 0.4) is 0 Å². The Bertz CT molecular complexity index is 825. The first-order valence-electron chi connectivity index (χ1n) is 9.78. The highest BCUT2D eigenvalue weighted by Gasteiger charge is 2.34. The number of piperazine rings is 1. The van der Waals surface area contributed by atoms with Gasteiger partial charge in [-0.05, 0) is 12.0 Å². The van der Waals surface area contributed by atoms with Gasteiger partial charge in [-0.2, -0.15) is 0 Å². The molecule has 3 rings (SSSR count). The fraction of sp³-hybridized carbons (Fsp3) is 0.429. The van der Waals surface area contributed by atoms with Crippen LogP contribution in [-0.4, -0.2) is 84.9 Å². The molecule has 1 atom stereocenters. The quantitative estimate of drug-likeness (QED) is 0.773. The molecule has 0 spiro atoms. The van der Waals surface area contributed by atoms with Crippen molar-refractivity contribution in [3.8, 4) is 0 Å². The van der Waals surface area contributed by atoms with Crippen molar-refractivity contribution in [2.75, 3.05) is 52.2 Å². The van der Waals surface area contributed by atoms with E-state index in [-0.39, 0.29) is 17.9 Å². The molecule has 8 nitrogen and oxygen atoms in total. The fourth-order valence-electron chi connectivity index (χ4n) is 3.45. The highest BCUT2D eigenvalue weighted by molar-refractivity contribution is 5.94. The van der Waals surface area contributed by atoms with E-state index in [0.717, 1.165) is 13.0 Å². The van der Waals surface area contributed by atoms with E-state index < -0.39 is 0 Å². The summed E-state index contributed by atoms with van der Waals surface area (Å²) in [4.78, 5) is 39.5. The molecule has 0 saturated carbocycles. The second-order valence-corrected chi connectivity index (χ2v) is 7.32. The van der Waals surface area contributed by atoms with Crippen molar-refractivity contribution < 1.29 is 9.59 Å². The molecule has 154 valence electrons. The maximum Gasteiger partial charge on any atom is 0.257 e. The van der Waals surface area contributed by atoms with Gasteiger partial charge >= 0.3 is 0 Å². The molecule has 1 aliphatic heterocycles. The minimum absolute atomic E-state index is 0.0743. The number of likely N-dealkylation sites (N-methyl/N-ethyl adjacent to an activating group) is 1. The molecule has 0 radical (unpaired) electrons. The van der Waals surface area contributed by atoms with E-state index in [9.17, 15) is 9.59 Å². The van der Waals surface area contributed by atoms with E-state index in [1.165, 1.54) is 5.56 Å². The lowest BCUT2D eigenvalue weighted by molar-refractivity contribution is -0.127. The largest absolute Gasteiger partial charge is 0.358 e. The first-order chi connectivity index (χ1) is 14.0. The van der Waals surface area contributed by atoms with Crippen LogP contribution in [0, 0.1) is 0 Å². The topological polar surface area (TPSA) is 81.7 Å². The molecular weight excluding hydrogens is 368 g/mol. The number of amides is 2. The molecule has 1 aromatic heterocycles. The summed E-state index contributed by atoms with van der Waals surface area (Å²) in [5.41, 5.74) is 1.67. The SMILES string of the molecule is CNC(=O)[C@H]1CN(C(=O)c2cnc(N(C)C)nc2)CCN1CCc1ccccc1. The highest BCUT2D eigenvalue weighted by atomic mass is 16.2. The van der Waals surface area contributed by atoms with Crippen LogP contribution in [0.4, 0.5) is 5.95 Å². The molecule has 1 saturated heterocycles. The van der Waals surface area contributed by atoms with Gasteiger partial charge in [0.15, 0.2) is 0 Å². The van der Waals surface area contributed by atoms with Gasteiger partial charge in [-0.3, -0.25) is 14.5 Å². The summed E-state index contributed by atoms with van der Waals surface area (Å²) >= 11 is 0. The van der Waals surface area contributed by atoms with Gasteiger partial charge in [-0.25, -0.2) is 9.97 Å². The Hall–Kier alpha value is -3.00. The summed E-state index contributed by atoms with van der Waals surface area (Å²) in [5.74, 6) is 0.331. The zero-order valence-corrected chi connectivity index (χ0v) is 17.2. The van der Waals surface area contributed by atoms with Gasteiger partial charge in [0.2, 0.25) is 11.9 Å². The van der Waals surface area contributed by atoms with Crippen molar-refractivity contribution in [3.05, 3.63) is 53.9 Å². The number of benzene rings is 1. The van der Waals surface area contributed by atoms with Crippen LogP contribution in [0.5, 0.6) is 0 Å². The number of carbonyl (C=O) groups is 2. The average Bonchev–Trinajstić information content (AvgIpc) is 2.77. The van der Waals surface area contributed by atoms with Crippen LogP contribution in [0.15, 0.2) is 42.7 Å². The lowest BCUT2D eigenvalue weighted by Crippen LogP contribution is -2.60. The summed E-state index contributed by atoms with van der Waals surface area (Å²) in [7, 11) is 5.32. The third-order valence-corrected chi connectivity index (χ3v) is 5.14. The van der Waals surface area contributed by atoms with Gasteiger partial charge in [-0.15, -0.1) is 0 Å². The van der Waals surface area contributed by atoms with E-state index in [4.69, 9.17) is 0 Å². The van der Waals surface area contributed by atoms with Crippen molar-refractivity contribution in [2.24, 2.45) is 0 Å². The Morgan fingerprint density at radius 1 is 1.14 bits per heavy atom. The molecule has 1 fully saturated rings. The van der Waals surface area contributed by atoms with Crippen molar-refractivity contribution in [2.45, 2.75) is 12.5 Å². The number of nitrogens with one attached hydrogen (secondary N) is 1. The molecule has 1 aromatic carbocycles. The third-order valence-electron chi connectivity index (χ3n) is 5.14. The number of hydrogen-bond donors (Lipinski definition) is 1. The molecular formula is C21H28N6O2. The molecule has 1 N–H and O–H groups in total. The van der Waals surface area contributed by atoms with E-state index in [1.54, 1.807) is 29.2 Å². The summed E-state index contributed by atoms with van der Waals surface area (Å²) < 4.78 is 0. The van der Waals surface area contributed by atoms with Crippen LogP contribution >= 0.6 is 0 Å². The Balaban J connectivity index is 1.67. The zero-order valence-electron chi connectivity index (χ0n) is 17.2. The van der Waals surface area contributed by atoms with Gasteiger partial charge in [-0.1, -0.05) is 30.3 Å². The number of hydrogen-bond acceptors (Lipinski definition) is 6. The van der Waals surface area contributed by atoms with Crippen molar-refractivity contribution >= 4 is 17.8 Å². The lowest BCUT2D eigenvalue weighted by atomic mass is 10.1. The van der Waals surface area contributed by atoms with Crippen LogP contribution in [-0.2, 0) is 11.2 Å². The van der Waals surface area contributed by atoms with E-state index in [0.29, 0.717) is 31.1 Å². The highest BCUT2D eigenvalue weighted by Crippen LogP contribution is 2.15. The van der Waals surface area contributed by atoms with Crippen LogP contribution in [0.1, 0.15) is 15.9 Å². The smallest absolute Gasteiger partial charge is 0.257 e. The molecule has 29 heavy (non-hydrogen) atoms. The maximum absolute atomic E-state index is 12.9. The summed E-state index contributed by atoms with van der Waals surface area (Å²) in [6.07, 6.45) is 3.95. The van der Waals surface area contributed by atoms with Crippen LogP contribution < -0.4 is 10.2 Å². The minimum atomic E-state index is -0.372. The molecule has 2 amide bonds. The second kappa shape index (κ2) is 9.47. The number of aromatic nitrogens is 2. The number of carbonyl (C=O) groups excluding carboxylic acids is 2. The summed E-state index contributed by atoms with van der Waals surface area (Å²) in [6.45, 7) is 2.33. The summed E-state index contributed by atoms with van der Waals surface area (Å²) in [5, 5.41) is 2.73.